The highest BCUT2D eigenvalue weighted by Crippen LogP contribution is 2.30. The zero-order valence-corrected chi connectivity index (χ0v) is 8.50. The van der Waals surface area contributed by atoms with Crippen molar-refractivity contribution in [2.75, 3.05) is 6.26 Å². The molecule has 0 saturated heterocycles. The maximum atomic E-state index is 10.6. The third-order valence-electron chi connectivity index (χ3n) is 1.65. The first-order valence-electron chi connectivity index (χ1n) is 3.49. The number of aldehydes is 1. The van der Waals surface area contributed by atoms with E-state index in [1.54, 1.807) is 6.07 Å². The summed E-state index contributed by atoms with van der Waals surface area (Å²) in [7, 11) is 0. The first-order valence-corrected chi connectivity index (χ1v) is 5.09. The Morgan fingerprint density at radius 1 is 1.50 bits per heavy atom. The second-order valence-corrected chi connectivity index (χ2v) is 3.63. The van der Waals surface area contributed by atoms with Crippen LogP contribution in [0.4, 0.5) is 0 Å². The minimum Gasteiger partial charge on any atom is -0.298 e. The van der Waals surface area contributed by atoms with Gasteiger partial charge in [0.2, 0.25) is 0 Å². The minimum atomic E-state index is 0.665. The smallest absolute Gasteiger partial charge is 0.151 e. The summed E-state index contributed by atoms with van der Waals surface area (Å²) >= 11 is 7.50. The third kappa shape index (κ3) is 1.65. The fourth-order valence-electron chi connectivity index (χ4n) is 0.970. The summed E-state index contributed by atoms with van der Waals surface area (Å²) in [5.41, 5.74) is 1.67. The van der Waals surface area contributed by atoms with E-state index in [-0.39, 0.29) is 0 Å². The Morgan fingerprint density at radius 3 is 2.67 bits per heavy atom. The molecule has 1 aromatic rings. The standard InChI is InChI=1S/C9H9ClOS/c1-6-3-4-7(5-11)9(12-2)8(6)10/h3-5H,1-2H3. The van der Waals surface area contributed by atoms with E-state index in [0.29, 0.717) is 10.6 Å². The molecule has 12 heavy (non-hydrogen) atoms. The van der Waals surface area contributed by atoms with Crippen LogP contribution >= 0.6 is 23.4 Å². The van der Waals surface area contributed by atoms with Crippen molar-refractivity contribution in [3.63, 3.8) is 0 Å². The van der Waals surface area contributed by atoms with E-state index in [0.717, 1.165) is 16.7 Å². The average molecular weight is 201 g/mol. The molecule has 0 spiro atoms. The predicted octanol–water partition coefficient (Wildman–Crippen LogP) is 3.18. The SMILES string of the molecule is CSc1c(C=O)ccc(C)c1Cl. The van der Waals surface area contributed by atoms with Gasteiger partial charge in [0, 0.05) is 10.5 Å². The van der Waals surface area contributed by atoms with Crippen molar-refractivity contribution in [2.45, 2.75) is 11.8 Å². The molecule has 0 aliphatic heterocycles. The molecule has 64 valence electrons. The molecule has 0 aliphatic rings. The average Bonchev–Trinajstić information content (AvgIpc) is 2.09. The van der Waals surface area contributed by atoms with Crippen LogP contribution in [0.2, 0.25) is 5.02 Å². The Labute approximate surface area is 81.1 Å². The largest absolute Gasteiger partial charge is 0.298 e. The quantitative estimate of drug-likeness (QED) is 0.539. The molecule has 1 rings (SSSR count). The van der Waals surface area contributed by atoms with Crippen LogP contribution in [0.25, 0.3) is 0 Å². The van der Waals surface area contributed by atoms with Gasteiger partial charge in [0.05, 0.1) is 5.02 Å². The highest BCUT2D eigenvalue weighted by atomic mass is 35.5. The summed E-state index contributed by atoms with van der Waals surface area (Å²) in [5, 5.41) is 0.687. The Balaban J connectivity index is 3.35. The molecule has 0 N–H and O–H groups in total. The Bertz CT molecular complexity index is 310. The molecule has 0 aliphatic carbocycles. The van der Waals surface area contributed by atoms with Gasteiger partial charge >= 0.3 is 0 Å². The Hall–Kier alpha value is -0.470. The summed E-state index contributed by atoms with van der Waals surface area (Å²) in [5.74, 6) is 0. The lowest BCUT2D eigenvalue weighted by atomic mass is 10.2. The van der Waals surface area contributed by atoms with Crippen LogP contribution in [0.3, 0.4) is 0 Å². The number of carbonyl (C=O) groups excluding carboxylic acids is 1. The number of hydrogen-bond donors (Lipinski definition) is 0. The molecule has 0 heterocycles. The molecule has 0 aromatic heterocycles. The molecule has 0 bridgehead atoms. The number of thioether (sulfide) groups is 1. The van der Waals surface area contributed by atoms with E-state index < -0.39 is 0 Å². The Kier molecular flexibility index (Phi) is 3.18. The lowest BCUT2D eigenvalue weighted by Gasteiger charge is -2.05. The first-order chi connectivity index (χ1) is 5.70. The van der Waals surface area contributed by atoms with Crippen molar-refractivity contribution in [3.05, 3.63) is 28.3 Å². The van der Waals surface area contributed by atoms with Crippen LogP contribution in [-0.2, 0) is 0 Å². The van der Waals surface area contributed by atoms with Crippen molar-refractivity contribution in [1.29, 1.82) is 0 Å². The molecule has 3 heteroatoms. The number of hydrogen-bond acceptors (Lipinski definition) is 2. The van der Waals surface area contributed by atoms with E-state index in [1.807, 2.05) is 19.2 Å². The number of halogens is 1. The van der Waals surface area contributed by atoms with Gasteiger partial charge < -0.3 is 0 Å². The fourth-order valence-corrected chi connectivity index (χ4v) is 2.07. The topological polar surface area (TPSA) is 17.1 Å². The highest BCUT2D eigenvalue weighted by Gasteiger charge is 2.07. The molecule has 0 radical (unpaired) electrons. The second-order valence-electron chi connectivity index (χ2n) is 2.44. The summed E-state index contributed by atoms with van der Waals surface area (Å²) in [6.07, 6.45) is 2.74. The molecular formula is C9H9ClOS. The molecule has 0 fully saturated rings. The summed E-state index contributed by atoms with van der Waals surface area (Å²) in [4.78, 5) is 11.4. The van der Waals surface area contributed by atoms with Crippen LogP contribution in [0, 0.1) is 6.92 Å². The molecule has 0 amide bonds. The van der Waals surface area contributed by atoms with Gasteiger partial charge in [-0.15, -0.1) is 11.8 Å². The first kappa shape index (κ1) is 9.62. The molecule has 0 atom stereocenters. The van der Waals surface area contributed by atoms with Crippen LogP contribution in [0.15, 0.2) is 17.0 Å². The summed E-state index contributed by atoms with van der Waals surface area (Å²) < 4.78 is 0. The Morgan fingerprint density at radius 2 is 2.17 bits per heavy atom. The van der Waals surface area contributed by atoms with Crippen LogP contribution in [0.1, 0.15) is 15.9 Å². The lowest BCUT2D eigenvalue weighted by molar-refractivity contribution is 0.112. The highest BCUT2D eigenvalue weighted by molar-refractivity contribution is 7.98. The second kappa shape index (κ2) is 3.97. The molecule has 0 saturated carbocycles. The van der Waals surface area contributed by atoms with Crippen molar-refractivity contribution >= 4 is 29.6 Å². The summed E-state index contributed by atoms with van der Waals surface area (Å²) in [6, 6.07) is 3.64. The van der Waals surface area contributed by atoms with E-state index >= 15 is 0 Å². The van der Waals surface area contributed by atoms with Gasteiger partial charge in [-0.2, -0.15) is 0 Å². The number of benzene rings is 1. The normalized spacial score (nSPS) is 9.92. The van der Waals surface area contributed by atoms with E-state index in [4.69, 9.17) is 11.6 Å². The maximum absolute atomic E-state index is 10.6. The predicted molar refractivity (Wildman–Crippen MR) is 53.4 cm³/mol. The van der Waals surface area contributed by atoms with Crippen LogP contribution < -0.4 is 0 Å². The number of carbonyl (C=O) groups is 1. The van der Waals surface area contributed by atoms with Gasteiger partial charge in [-0.25, -0.2) is 0 Å². The number of aryl methyl sites for hydroxylation is 1. The molecular weight excluding hydrogens is 192 g/mol. The van der Waals surface area contributed by atoms with Crippen LogP contribution in [0.5, 0.6) is 0 Å². The fraction of sp³-hybridized carbons (Fsp3) is 0.222. The maximum Gasteiger partial charge on any atom is 0.151 e. The van der Waals surface area contributed by atoms with Gasteiger partial charge in [0.15, 0.2) is 6.29 Å². The molecule has 0 unspecified atom stereocenters. The molecule has 1 nitrogen and oxygen atoms in total. The summed E-state index contributed by atoms with van der Waals surface area (Å²) in [6.45, 7) is 1.93. The van der Waals surface area contributed by atoms with Crippen molar-refractivity contribution in [2.24, 2.45) is 0 Å². The van der Waals surface area contributed by atoms with Crippen molar-refractivity contribution in [1.82, 2.24) is 0 Å². The van der Waals surface area contributed by atoms with Crippen molar-refractivity contribution < 1.29 is 4.79 Å². The monoisotopic (exact) mass is 200 g/mol. The zero-order valence-electron chi connectivity index (χ0n) is 6.93. The van der Waals surface area contributed by atoms with Gasteiger partial charge in [-0.05, 0) is 18.7 Å². The van der Waals surface area contributed by atoms with E-state index in [9.17, 15) is 4.79 Å². The number of rotatable bonds is 2. The third-order valence-corrected chi connectivity index (χ3v) is 3.10. The van der Waals surface area contributed by atoms with Gasteiger partial charge in [0.1, 0.15) is 0 Å². The van der Waals surface area contributed by atoms with Crippen LogP contribution in [-0.4, -0.2) is 12.5 Å². The van der Waals surface area contributed by atoms with Gasteiger partial charge in [0.25, 0.3) is 0 Å². The van der Waals surface area contributed by atoms with Gasteiger partial charge in [-0.3, -0.25) is 4.79 Å². The zero-order chi connectivity index (χ0) is 9.14. The molecule has 1 aromatic carbocycles. The van der Waals surface area contributed by atoms with E-state index in [1.165, 1.54) is 11.8 Å². The lowest BCUT2D eigenvalue weighted by Crippen LogP contribution is -1.87. The van der Waals surface area contributed by atoms with Gasteiger partial charge in [-0.1, -0.05) is 23.7 Å². The van der Waals surface area contributed by atoms with E-state index in [2.05, 4.69) is 0 Å². The van der Waals surface area contributed by atoms with Crippen molar-refractivity contribution in [3.8, 4) is 0 Å². The minimum absolute atomic E-state index is 0.665.